The van der Waals surface area contributed by atoms with Crippen molar-refractivity contribution < 1.29 is 4.79 Å². The van der Waals surface area contributed by atoms with Gasteiger partial charge in [-0.25, -0.2) is 4.98 Å². The summed E-state index contributed by atoms with van der Waals surface area (Å²) >= 11 is 1.51. The lowest BCUT2D eigenvalue weighted by Crippen LogP contribution is -2.32. The van der Waals surface area contributed by atoms with Crippen molar-refractivity contribution >= 4 is 17.2 Å². The van der Waals surface area contributed by atoms with Crippen LogP contribution in [0.25, 0.3) is 0 Å². The lowest BCUT2D eigenvalue weighted by Gasteiger charge is -2.10. The van der Waals surface area contributed by atoms with Gasteiger partial charge in [-0.2, -0.15) is 0 Å². The zero-order chi connectivity index (χ0) is 13.1. The Morgan fingerprint density at radius 2 is 2.11 bits per heavy atom. The van der Waals surface area contributed by atoms with E-state index in [1.54, 1.807) is 0 Å². The quantitative estimate of drug-likeness (QED) is 0.909. The monoisotopic (exact) mass is 267 g/mol. The number of amides is 1. The van der Waals surface area contributed by atoms with Crippen LogP contribution in [0.4, 0.5) is 0 Å². The van der Waals surface area contributed by atoms with Crippen LogP contribution in [-0.4, -0.2) is 35.9 Å². The van der Waals surface area contributed by atoms with Crippen LogP contribution in [0.2, 0.25) is 0 Å². The summed E-state index contributed by atoms with van der Waals surface area (Å²) in [5, 5.41) is 4.13. The molecule has 0 aromatic carbocycles. The van der Waals surface area contributed by atoms with Gasteiger partial charge in [-0.1, -0.05) is 12.8 Å². The van der Waals surface area contributed by atoms with Gasteiger partial charge in [0.1, 0.15) is 9.88 Å². The zero-order valence-electron chi connectivity index (χ0n) is 11.3. The van der Waals surface area contributed by atoms with Gasteiger partial charge in [0, 0.05) is 12.6 Å². The summed E-state index contributed by atoms with van der Waals surface area (Å²) in [7, 11) is 4.02. The van der Waals surface area contributed by atoms with Crippen LogP contribution in [-0.2, 0) is 6.54 Å². The van der Waals surface area contributed by atoms with Crippen molar-refractivity contribution in [2.75, 3.05) is 14.1 Å². The van der Waals surface area contributed by atoms with Crippen molar-refractivity contribution in [2.45, 2.75) is 45.2 Å². The molecule has 0 unspecified atom stereocenters. The van der Waals surface area contributed by atoms with E-state index < -0.39 is 0 Å². The molecule has 1 aromatic heterocycles. The number of carbonyl (C=O) groups is 1. The highest BCUT2D eigenvalue weighted by Crippen LogP contribution is 2.22. The van der Waals surface area contributed by atoms with Crippen LogP contribution in [0.15, 0.2) is 0 Å². The molecule has 0 atom stereocenters. The van der Waals surface area contributed by atoms with E-state index in [1.165, 1.54) is 24.2 Å². The Morgan fingerprint density at radius 3 is 2.72 bits per heavy atom. The summed E-state index contributed by atoms with van der Waals surface area (Å²) in [6.07, 6.45) is 4.71. The largest absolute Gasteiger partial charge is 0.349 e. The maximum atomic E-state index is 12.2. The third-order valence-electron chi connectivity index (χ3n) is 3.19. The Hall–Kier alpha value is -0.940. The van der Waals surface area contributed by atoms with Crippen LogP contribution < -0.4 is 5.32 Å². The number of nitrogens with one attached hydrogen (secondary N) is 1. The number of nitrogens with zero attached hydrogens (tertiary/aromatic N) is 2. The Bertz CT molecular complexity index is 422. The van der Waals surface area contributed by atoms with Crippen LogP contribution in [0.1, 0.15) is 46.1 Å². The van der Waals surface area contributed by atoms with Crippen molar-refractivity contribution in [3.63, 3.8) is 0 Å². The minimum Gasteiger partial charge on any atom is -0.349 e. The first-order valence-electron chi connectivity index (χ1n) is 6.48. The van der Waals surface area contributed by atoms with Crippen molar-refractivity contribution in [2.24, 2.45) is 0 Å². The highest BCUT2D eigenvalue weighted by molar-refractivity contribution is 7.13. The van der Waals surface area contributed by atoms with E-state index in [-0.39, 0.29) is 5.91 Å². The smallest absolute Gasteiger partial charge is 0.263 e. The van der Waals surface area contributed by atoms with Crippen molar-refractivity contribution in [1.29, 1.82) is 0 Å². The van der Waals surface area contributed by atoms with E-state index in [2.05, 4.69) is 15.2 Å². The second-order valence-corrected chi connectivity index (χ2v) is 6.30. The molecule has 0 saturated heterocycles. The molecular formula is C13H21N3OS. The molecule has 5 heteroatoms. The van der Waals surface area contributed by atoms with Crippen LogP contribution in [0, 0.1) is 6.92 Å². The second kappa shape index (κ2) is 5.80. The minimum atomic E-state index is 0.0573. The molecule has 1 aromatic rings. The SMILES string of the molecule is Cc1nc(CN(C)C)sc1C(=O)NC1CCCC1. The average molecular weight is 267 g/mol. The fourth-order valence-electron chi connectivity index (χ4n) is 2.32. The molecule has 1 fully saturated rings. The third-order valence-corrected chi connectivity index (χ3v) is 4.33. The summed E-state index contributed by atoms with van der Waals surface area (Å²) in [5.74, 6) is 0.0573. The minimum absolute atomic E-state index is 0.0573. The van der Waals surface area contributed by atoms with Gasteiger partial charge in [0.15, 0.2) is 0 Å². The van der Waals surface area contributed by atoms with E-state index in [9.17, 15) is 4.79 Å². The first kappa shape index (κ1) is 13.5. The van der Waals surface area contributed by atoms with Gasteiger partial charge in [-0.3, -0.25) is 4.79 Å². The molecule has 0 spiro atoms. The normalized spacial score (nSPS) is 16.4. The standard InChI is InChI=1S/C13H21N3OS/c1-9-12(18-11(14-9)8-16(2)3)13(17)15-10-6-4-5-7-10/h10H,4-8H2,1-3H3,(H,15,17). The van der Waals surface area contributed by atoms with Crippen molar-refractivity contribution in [3.05, 3.63) is 15.6 Å². The summed E-state index contributed by atoms with van der Waals surface area (Å²) in [6.45, 7) is 2.71. The lowest BCUT2D eigenvalue weighted by atomic mass is 10.2. The van der Waals surface area contributed by atoms with E-state index in [0.717, 1.165) is 35.0 Å². The maximum absolute atomic E-state index is 12.2. The maximum Gasteiger partial charge on any atom is 0.263 e. The average Bonchev–Trinajstić information content (AvgIpc) is 2.87. The Morgan fingerprint density at radius 1 is 1.44 bits per heavy atom. The molecule has 1 aliphatic carbocycles. The Kier molecular flexibility index (Phi) is 4.35. The van der Waals surface area contributed by atoms with E-state index in [0.29, 0.717) is 6.04 Å². The number of hydrogen-bond acceptors (Lipinski definition) is 4. The third kappa shape index (κ3) is 3.29. The molecular weight excluding hydrogens is 246 g/mol. The summed E-state index contributed by atoms with van der Waals surface area (Å²) in [4.78, 5) is 19.5. The first-order valence-corrected chi connectivity index (χ1v) is 7.30. The number of aryl methyl sites for hydroxylation is 1. The van der Waals surface area contributed by atoms with Gasteiger partial charge < -0.3 is 10.2 Å². The van der Waals surface area contributed by atoms with Crippen molar-refractivity contribution in [3.8, 4) is 0 Å². The number of thiazole rings is 1. The van der Waals surface area contributed by atoms with Crippen LogP contribution in [0.3, 0.4) is 0 Å². The highest BCUT2D eigenvalue weighted by Gasteiger charge is 2.21. The number of rotatable bonds is 4. The molecule has 1 heterocycles. The number of aromatic nitrogens is 1. The number of hydrogen-bond donors (Lipinski definition) is 1. The fraction of sp³-hybridized carbons (Fsp3) is 0.692. The second-order valence-electron chi connectivity index (χ2n) is 5.21. The lowest BCUT2D eigenvalue weighted by molar-refractivity contribution is 0.0941. The molecule has 18 heavy (non-hydrogen) atoms. The molecule has 2 rings (SSSR count). The topological polar surface area (TPSA) is 45.2 Å². The van der Waals surface area contributed by atoms with E-state index in [1.807, 2.05) is 21.0 Å². The highest BCUT2D eigenvalue weighted by atomic mass is 32.1. The fourth-order valence-corrected chi connectivity index (χ4v) is 3.41. The molecule has 1 aliphatic rings. The van der Waals surface area contributed by atoms with Gasteiger partial charge in [0.05, 0.1) is 5.69 Å². The van der Waals surface area contributed by atoms with Gasteiger partial charge in [0.2, 0.25) is 0 Å². The van der Waals surface area contributed by atoms with Gasteiger partial charge >= 0.3 is 0 Å². The molecule has 1 saturated carbocycles. The molecule has 1 N–H and O–H groups in total. The molecule has 0 bridgehead atoms. The summed E-state index contributed by atoms with van der Waals surface area (Å²) < 4.78 is 0. The molecule has 1 amide bonds. The molecule has 100 valence electrons. The summed E-state index contributed by atoms with van der Waals surface area (Å²) in [6, 6.07) is 0.372. The Balaban J connectivity index is 2.02. The van der Waals surface area contributed by atoms with E-state index in [4.69, 9.17) is 0 Å². The van der Waals surface area contributed by atoms with Crippen molar-refractivity contribution in [1.82, 2.24) is 15.2 Å². The predicted molar refractivity (Wildman–Crippen MR) is 74.0 cm³/mol. The van der Waals surface area contributed by atoms with Gasteiger partial charge in [0.25, 0.3) is 5.91 Å². The van der Waals surface area contributed by atoms with Crippen LogP contribution >= 0.6 is 11.3 Å². The first-order chi connectivity index (χ1) is 8.56. The molecule has 4 nitrogen and oxygen atoms in total. The Labute approximate surface area is 112 Å². The van der Waals surface area contributed by atoms with E-state index >= 15 is 0 Å². The predicted octanol–water partition coefficient (Wildman–Crippen LogP) is 2.19. The molecule has 0 aliphatic heterocycles. The zero-order valence-corrected chi connectivity index (χ0v) is 12.1. The van der Waals surface area contributed by atoms with Gasteiger partial charge in [-0.05, 0) is 33.9 Å². The van der Waals surface area contributed by atoms with Gasteiger partial charge in [-0.15, -0.1) is 11.3 Å². The molecule has 0 radical (unpaired) electrons. The van der Waals surface area contributed by atoms with Crippen LogP contribution in [0.5, 0.6) is 0 Å². The summed E-state index contributed by atoms with van der Waals surface area (Å²) in [5.41, 5.74) is 0.854. The number of carbonyl (C=O) groups excluding carboxylic acids is 1.